The molecule has 0 bridgehead atoms. The number of hydrogen-bond donors (Lipinski definition) is 0. The lowest BCUT2D eigenvalue weighted by molar-refractivity contribution is 0.483. The van der Waals surface area contributed by atoms with Crippen LogP contribution in [0.25, 0.3) is 44.4 Å². The first kappa shape index (κ1) is 27.6. The van der Waals surface area contributed by atoms with E-state index in [1.807, 2.05) is 67.5 Å². The van der Waals surface area contributed by atoms with Crippen LogP contribution < -0.4 is 4.74 Å². The van der Waals surface area contributed by atoms with Gasteiger partial charge in [-0.05, 0) is 96.1 Å². The number of para-hydroxylation sites is 1. The number of hydrogen-bond acceptors (Lipinski definition) is 3. The van der Waals surface area contributed by atoms with Gasteiger partial charge in [-0.25, -0.2) is 14.1 Å². The van der Waals surface area contributed by atoms with Gasteiger partial charge in [0.1, 0.15) is 23.1 Å². The van der Waals surface area contributed by atoms with Gasteiger partial charge in [-0.15, -0.1) is 0 Å². The van der Waals surface area contributed by atoms with E-state index in [-0.39, 0.29) is 11.2 Å². The summed E-state index contributed by atoms with van der Waals surface area (Å²) in [4.78, 5) is 4.79. The molecular weight excluding hydrogens is 547 g/mol. The van der Waals surface area contributed by atoms with Crippen molar-refractivity contribution in [1.29, 1.82) is 0 Å². The van der Waals surface area contributed by atoms with Crippen molar-refractivity contribution in [3.63, 3.8) is 0 Å². The Balaban J connectivity index is 1.26. The lowest BCUT2D eigenvalue weighted by Gasteiger charge is -2.20. The third-order valence-corrected chi connectivity index (χ3v) is 8.17. The summed E-state index contributed by atoms with van der Waals surface area (Å²) in [5, 5.41) is 6.91. The molecule has 0 amide bonds. The zero-order valence-corrected chi connectivity index (χ0v) is 25.5. The molecule has 218 valence electrons. The highest BCUT2D eigenvalue weighted by atomic mass is 19.1. The summed E-state index contributed by atoms with van der Waals surface area (Å²) >= 11 is 0. The van der Waals surface area contributed by atoms with E-state index in [4.69, 9.17) is 9.72 Å². The van der Waals surface area contributed by atoms with Gasteiger partial charge in [-0.2, -0.15) is 5.10 Å². The Bertz CT molecular complexity index is 2160. The van der Waals surface area contributed by atoms with E-state index in [1.165, 1.54) is 10.9 Å². The lowest BCUT2D eigenvalue weighted by Crippen LogP contribution is -2.12. The van der Waals surface area contributed by atoms with E-state index in [9.17, 15) is 4.39 Å². The van der Waals surface area contributed by atoms with Crippen LogP contribution in [0.4, 0.5) is 4.39 Å². The van der Waals surface area contributed by atoms with Crippen molar-refractivity contribution in [1.82, 2.24) is 19.3 Å². The molecular formula is C38H33FN4O. The van der Waals surface area contributed by atoms with E-state index < -0.39 is 0 Å². The summed E-state index contributed by atoms with van der Waals surface area (Å²) in [6.45, 7) is 10.5. The lowest BCUT2D eigenvalue weighted by atomic mass is 9.88. The third kappa shape index (κ3) is 4.92. The fourth-order valence-electron chi connectivity index (χ4n) is 6.05. The van der Waals surface area contributed by atoms with Crippen molar-refractivity contribution in [2.75, 3.05) is 0 Å². The molecule has 4 aromatic carbocycles. The Morgan fingerprint density at radius 1 is 0.750 bits per heavy atom. The smallest absolute Gasteiger partial charge is 0.137 e. The second-order valence-corrected chi connectivity index (χ2v) is 12.4. The molecule has 0 atom stereocenters. The van der Waals surface area contributed by atoms with Gasteiger partial charge in [-0.1, -0.05) is 45.0 Å². The summed E-state index contributed by atoms with van der Waals surface area (Å²) in [6, 6.07) is 29.9. The molecule has 0 N–H and O–H groups in total. The SMILES string of the molecule is Cc1cc(F)cc(C)c1-c1cnn(-c2cccc(Oc3ccc4c5ccccc5n(-c5cc(C(C)(C)C)ccn5)c4c3)c2)c1. The molecule has 0 aliphatic heterocycles. The summed E-state index contributed by atoms with van der Waals surface area (Å²) in [5.74, 6) is 2.08. The van der Waals surface area contributed by atoms with Crippen molar-refractivity contribution >= 4 is 21.8 Å². The summed E-state index contributed by atoms with van der Waals surface area (Å²) in [6.07, 6.45) is 5.67. The maximum absolute atomic E-state index is 13.9. The Morgan fingerprint density at radius 3 is 2.30 bits per heavy atom. The van der Waals surface area contributed by atoms with E-state index >= 15 is 0 Å². The normalized spacial score (nSPS) is 11.9. The number of benzene rings is 4. The number of pyridine rings is 1. The first-order valence-corrected chi connectivity index (χ1v) is 14.8. The van der Waals surface area contributed by atoms with Crippen LogP contribution in [0.5, 0.6) is 11.5 Å². The molecule has 0 saturated heterocycles. The zero-order chi connectivity index (χ0) is 30.6. The van der Waals surface area contributed by atoms with Crippen LogP contribution in [0, 0.1) is 19.7 Å². The van der Waals surface area contributed by atoms with Gasteiger partial charge in [0.25, 0.3) is 0 Å². The molecule has 0 unspecified atom stereocenters. The molecule has 7 aromatic rings. The van der Waals surface area contributed by atoms with Crippen LogP contribution in [0.1, 0.15) is 37.5 Å². The van der Waals surface area contributed by atoms with Gasteiger partial charge in [0.2, 0.25) is 0 Å². The third-order valence-electron chi connectivity index (χ3n) is 8.17. The molecule has 0 aliphatic carbocycles. The van der Waals surface area contributed by atoms with Crippen LogP contribution >= 0.6 is 0 Å². The van der Waals surface area contributed by atoms with E-state index in [1.54, 1.807) is 12.1 Å². The molecule has 0 aliphatic rings. The van der Waals surface area contributed by atoms with Crippen LogP contribution in [0.15, 0.2) is 110 Å². The maximum atomic E-state index is 13.9. The molecule has 3 aromatic heterocycles. The molecule has 0 spiro atoms. The van der Waals surface area contributed by atoms with Crippen LogP contribution in [-0.2, 0) is 5.41 Å². The summed E-state index contributed by atoms with van der Waals surface area (Å²) in [5.41, 5.74) is 7.92. The zero-order valence-electron chi connectivity index (χ0n) is 25.5. The first-order valence-electron chi connectivity index (χ1n) is 14.8. The molecule has 44 heavy (non-hydrogen) atoms. The minimum atomic E-state index is -0.228. The predicted molar refractivity (Wildman–Crippen MR) is 176 cm³/mol. The molecule has 7 rings (SSSR count). The number of ether oxygens (including phenoxy) is 1. The average molecular weight is 581 g/mol. The molecule has 5 nitrogen and oxygen atoms in total. The minimum Gasteiger partial charge on any atom is -0.457 e. The van der Waals surface area contributed by atoms with Gasteiger partial charge in [0.15, 0.2) is 0 Å². The Kier molecular flexibility index (Phi) is 6.58. The standard InChI is InChI=1S/C38H33FN4O/c1-24-17-28(39)18-25(2)37(24)26-22-41-42(23-26)29-9-8-10-30(20-29)44-31-13-14-33-32-11-6-7-12-34(32)43(35(33)21-31)36-19-27(15-16-40-36)38(3,4)5/h6-23H,1-5H3. The van der Waals surface area contributed by atoms with Gasteiger partial charge >= 0.3 is 0 Å². The number of nitrogens with zero attached hydrogens (tertiary/aromatic N) is 4. The number of halogens is 1. The van der Waals surface area contributed by atoms with E-state index in [0.717, 1.165) is 55.9 Å². The second-order valence-electron chi connectivity index (χ2n) is 12.4. The largest absolute Gasteiger partial charge is 0.457 e. The highest BCUT2D eigenvalue weighted by molar-refractivity contribution is 6.09. The fraction of sp³-hybridized carbons (Fsp3) is 0.158. The van der Waals surface area contributed by atoms with Gasteiger partial charge < -0.3 is 4.74 Å². The monoisotopic (exact) mass is 580 g/mol. The van der Waals surface area contributed by atoms with Crippen LogP contribution in [-0.4, -0.2) is 19.3 Å². The highest BCUT2D eigenvalue weighted by Crippen LogP contribution is 2.36. The number of rotatable bonds is 5. The van der Waals surface area contributed by atoms with Crippen molar-refractivity contribution in [2.45, 2.75) is 40.0 Å². The Morgan fingerprint density at radius 2 is 1.50 bits per heavy atom. The topological polar surface area (TPSA) is 44.9 Å². The predicted octanol–water partition coefficient (Wildman–Crippen LogP) is 9.88. The minimum absolute atomic E-state index is 0.00174. The van der Waals surface area contributed by atoms with E-state index in [0.29, 0.717) is 5.75 Å². The van der Waals surface area contributed by atoms with E-state index in [2.05, 4.69) is 79.0 Å². The Hall–Kier alpha value is -5.23. The molecule has 0 fully saturated rings. The van der Waals surface area contributed by atoms with Crippen LogP contribution in [0.3, 0.4) is 0 Å². The molecule has 0 radical (unpaired) electrons. The quantitative estimate of drug-likeness (QED) is 0.204. The van der Waals surface area contributed by atoms with Crippen molar-refractivity contribution in [3.8, 4) is 34.1 Å². The van der Waals surface area contributed by atoms with Crippen molar-refractivity contribution in [3.05, 3.63) is 132 Å². The van der Waals surface area contributed by atoms with Crippen molar-refractivity contribution in [2.24, 2.45) is 0 Å². The number of aryl methyl sites for hydroxylation is 2. The van der Waals surface area contributed by atoms with Crippen molar-refractivity contribution < 1.29 is 9.13 Å². The summed E-state index contributed by atoms with van der Waals surface area (Å²) in [7, 11) is 0. The molecule has 0 saturated carbocycles. The Labute approximate surface area is 256 Å². The average Bonchev–Trinajstić information content (AvgIpc) is 3.59. The molecule has 3 heterocycles. The molecule has 6 heteroatoms. The fourth-order valence-corrected chi connectivity index (χ4v) is 6.05. The number of fused-ring (bicyclic) bond motifs is 3. The number of aromatic nitrogens is 4. The van der Waals surface area contributed by atoms with Crippen LogP contribution in [0.2, 0.25) is 0 Å². The van der Waals surface area contributed by atoms with Gasteiger partial charge in [0, 0.05) is 40.9 Å². The second kappa shape index (κ2) is 10.5. The van der Waals surface area contributed by atoms with Gasteiger partial charge in [0.05, 0.1) is 22.9 Å². The summed E-state index contributed by atoms with van der Waals surface area (Å²) < 4.78 is 24.4. The van der Waals surface area contributed by atoms with Gasteiger partial charge in [-0.3, -0.25) is 4.57 Å². The maximum Gasteiger partial charge on any atom is 0.137 e. The first-order chi connectivity index (χ1) is 21.2. The highest BCUT2D eigenvalue weighted by Gasteiger charge is 2.18.